The van der Waals surface area contributed by atoms with E-state index in [4.69, 9.17) is 0 Å². The van der Waals surface area contributed by atoms with E-state index < -0.39 is 0 Å². The Morgan fingerprint density at radius 2 is 2.28 bits per heavy atom. The van der Waals surface area contributed by atoms with Gasteiger partial charge in [0.2, 0.25) is 0 Å². The molecule has 1 aromatic rings. The van der Waals surface area contributed by atoms with Gasteiger partial charge in [-0.15, -0.1) is 0 Å². The average Bonchev–Trinajstić information content (AvgIpc) is 2.85. The lowest BCUT2D eigenvalue weighted by Gasteiger charge is -2.25. The maximum Gasteiger partial charge on any atom is 0.146 e. The van der Waals surface area contributed by atoms with Crippen molar-refractivity contribution < 1.29 is 4.39 Å². The van der Waals surface area contributed by atoms with Crippen LogP contribution in [0.3, 0.4) is 0 Å². The second-order valence-corrected chi connectivity index (χ2v) is 5.28. The second kappa shape index (κ2) is 6.28. The molecule has 0 amide bonds. The minimum Gasteiger partial charge on any atom is -0.310 e. The van der Waals surface area contributed by atoms with Crippen LogP contribution in [0.15, 0.2) is 18.5 Å². The first-order valence-electron chi connectivity index (χ1n) is 7.09. The lowest BCUT2D eigenvalue weighted by atomic mass is 9.90. The molecule has 1 aromatic heterocycles. The Balaban J connectivity index is 2.16. The monoisotopic (exact) mass is 250 g/mol. The third kappa shape index (κ3) is 2.89. The molecule has 1 N–H and O–H groups in total. The van der Waals surface area contributed by atoms with E-state index in [2.05, 4.69) is 24.1 Å². The first-order valence-corrected chi connectivity index (χ1v) is 7.09. The molecule has 2 rings (SSSR count). The van der Waals surface area contributed by atoms with Crippen molar-refractivity contribution in [2.24, 2.45) is 11.8 Å². The van der Waals surface area contributed by atoms with Crippen LogP contribution in [0.25, 0.3) is 0 Å². The summed E-state index contributed by atoms with van der Waals surface area (Å²) in [5.41, 5.74) is 0.786. The van der Waals surface area contributed by atoms with E-state index in [9.17, 15) is 4.39 Å². The van der Waals surface area contributed by atoms with Gasteiger partial charge in [-0.3, -0.25) is 4.98 Å². The third-order valence-corrected chi connectivity index (χ3v) is 4.19. The molecule has 18 heavy (non-hydrogen) atoms. The largest absolute Gasteiger partial charge is 0.310 e. The predicted molar refractivity (Wildman–Crippen MR) is 71.7 cm³/mol. The minimum absolute atomic E-state index is 0.148. The molecule has 0 spiro atoms. The van der Waals surface area contributed by atoms with Gasteiger partial charge in [0, 0.05) is 17.8 Å². The van der Waals surface area contributed by atoms with Crippen LogP contribution < -0.4 is 5.32 Å². The standard InChI is InChI=1S/C15H23FN2/c1-3-11-5-6-12(9-11)15(18-4-2)13-7-8-17-10-14(13)16/h7-8,10-12,15,18H,3-6,9H2,1-2H3. The Hall–Kier alpha value is -0.960. The van der Waals surface area contributed by atoms with Gasteiger partial charge in [0.15, 0.2) is 0 Å². The molecule has 0 saturated heterocycles. The van der Waals surface area contributed by atoms with Crippen molar-refractivity contribution in [2.45, 2.75) is 45.6 Å². The van der Waals surface area contributed by atoms with Crippen LogP contribution >= 0.6 is 0 Å². The van der Waals surface area contributed by atoms with Crippen molar-refractivity contribution in [3.8, 4) is 0 Å². The van der Waals surface area contributed by atoms with E-state index >= 15 is 0 Å². The van der Waals surface area contributed by atoms with Gasteiger partial charge in [-0.1, -0.05) is 26.7 Å². The summed E-state index contributed by atoms with van der Waals surface area (Å²) in [6, 6.07) is 1.97. The fraction of sp³-hybridized carbons (Fsp3) is 0.667. The Labute approximate surface area is 109 Å². The average molecular weight is 250 g/mol. The van der Waals surface area contributed by atoms with Crippen LogP contribution in [0.5, 0.6) is 0 Å². The number of halogens is 1. The van der Waals surface area contributed by atoms with Gasteiger partial charge in [-0.05, 0) is 37.3 Å². The highest BCUT2D eigenvalue weighted by molar-refractivity contribution is 5.19. The number of hydrogen-bond donors (Lipinski definition) is 1. The van der Waals surface area contributed by atoms with Gasteiger partial charge >= 0.3 is 0 Å². The molecule has 100 valence electrons. The highest BCUT2D eigenvalue weighted by Crippen LogP contribution is 2.40. The molecule has 0 bridgehead atoms. The molecule has 1 heterocycles. The lowest BCUT2D eigenvalue weighted by Crippen LogP contribution is -2.28. The van der Waals surface area contributed by atoms with Gasteiger partial charge in [-0.2, -0.15) is 0 Å². The van der Waals surface area contributed by atoms with Crippen molar-refractivity contribution in [2.75, 3.05) is 6.54 Å². The predicted octanol–water partition coefficient (Wildman–Crippen LogP) is 3.70. The highest BCUT2D eigenvalue weighted by atomic mass is 19.1. The molecule has 2 nitrogen and oxygen atoms in total. The highest BCUT2D eigenvalue weighted by Gasteiger charge is 2.31. The van der Waals surface area contributed by atoms with Gasteiger partial charge in [0.05, 0.1) is 6.20 Å². The molecule has 1 aliphatic carbocycles. The molecule has 3 unspecified atom stereocenters. The molecule has 0 aliphatic heterocycles. The third-order valence-electron chi connectivity index (χ3n) is 4.19. The van der Waals surface area contributed by atoms with E-state index in [1.54, 1.807) is 6.20 Å². The van der Waals surface area contributed by atoms with E-state index in [-0.39, 0.29) is 11.9 Å². The maximum atomic E-state index is 13.9. The van der Waals surface area contributed by atoms with Crippen molar-refractivity contribution in [1.82, 2.24) is 10.3 Å². The van der Waals surface area contributed by atoms with Crippen LogP contribution in [0, 0.1) is 17.7 Å². The van der Waals surface area contributed by atoms with E-state index in [0.717, 1.165) is 18.0 Å². The fourth-order valence-electron chi connectivity index (χ4n) is 3.18. The summed E-state index contributed by atoms with van der Waals surface area (Å²) in [6.45, 7) is 5.21. The molecule has 0 radical (unpaired) electrons. The van der Waals surface area contributed by atoms with Crippen LogP contribution in [-0.4, -0.2) is 11.5 Å². The molecule has 1 fully saturated rings. The van der Waals surface area contributed by atoms with Gasteiger partial charge in [-0.25, -0.2) is 4.39 Å². The Morgan fingerprint density at radius 1 is 1.44 bits per heavy atom. The molecular weight excluding hydrogens is 227 g/mol. The zero-order valence-electron chi connectivity index (χ0n) is 11.3. The second-order valence-electron chi connectivity index (χ2n) is 5.28. The van der Waals surface area contributed by atoms with Crippen LogP contribution in [-0.2, 0) is 0 Å². The molecular formula is C15H23FN2. The Morgan fingerprint density at radius 3 is 2.89 bits per heavy atom. The van der Waals surface area contributed by atoms with Crippen LogP contribution in [0.2, 0.25) is 0 Å². The normalized spacial score (nSPS) is 25.3. The number of aromatic nitrogens is 1. The number of nitrogens with one attached hydrogen (secondary N) is 1. The number of rotatable bonds is 5. The summed E-state index contributed by atoms with van der Waals surface area (Å²) in [6.07, 6.45) is 7.97. The van der Waals surface area contributed by atoms with E-state index in [1.807, 2.05) is 6.07 Å². The topological polar surface area (TPSA) is 24.9 Å². The first-order chi connectivity index (χ1) is 8.76. The summed E-state index contributed by atoms with van der Waals surface area (Å²) in [5, 5.41) is 3.46. The number of pyridine rings is 1. The summed E-state index contributed by atoms with van der Waals surface area (Å²) in [5.74, 6) is 1.20. The van der Waals surface area contributed by atoms with Crippen LogP contribution in [0.4, 0.5) is 4.39 Å². The molecule has 1 aliphatic rings. The fourth-order valence-corrected chi connectivity index (χ4v) is 3.18. The zero-order chi connectivity index (χ0) is 13.0. The quantitative estimate of drug-likeness (QED) is 0.862. The molecule has 3 heteroatoms. The van der Waals surface area contributed by atoms with Crippen molar-refractivity contribution in [1.29, 1.82) is 0 Å². The summed E-state index contributed by atoms with van der Waals surface area (Å²) < 4.78 is 13.9. The molecule has 3 atom stereocenters. The Kier molecular flexibility index (Phi) is 4.70. The summed E-state index contributed by atoms with van der Waals surface area (Å²) in [4.78, 5) is 3.84. The first kappa shape index (κ1) is 13.5. The smallest absolute Gasteiger partial charge is 0.146 e. The zero-order valence-corrected chi connectivity index (χ0v) is 11.3. The van der Waals surface area contributed by atoms with Gasteiger partial charge < -0.3 is 5.32 Å². The van der Waals surface area contributed by atoms with Crippen molar-refractivity contribution in [3.05, 3.63) is 29.8 Å². The number of hydrogen-bond acceptors (Lipinski definition) is 2. The molecule has 1 saturated carbocycles. The SMILES string of the molecule is CCNC(c1ccncc1F)C1CCC(CC)C1. The molecule has 0 aromatic carbocycles. The van der Waals surface area contributed by atoms with E-state index in [1.165, 1.54) is 31.9 Å². The minimum atomic E-state index is -0.177. The number of nitrogens with zero attached hydrogens (tertiary/aromatic N) is 1. The van der Waals surface area contributed by atoms with Crippen molar-refractivity contribution >= 4 is 0 Å². The Bertz CT molecular complexity index is 381. The van der Waals surface area contributed by atoms with Gasteiger partial charge in [0.25, 0.3) is 0 Å². The summed E-state index contributed by atoms with van der Waals surface area (Å²) >= 11 is 0. The lowest BCUT2D eigenvalue weighted by molar-refractivity contribution is 0.349. The maximum absolute atomic E-state index is 13.9. The van der Waals surface area contributed by atoms with Crippen molar-refractivity contribution in [3.63, 3.8) is 0 Å². The van der Waals surface area contributed by atoms with E-state index in [0.29, 0.717) is 5.92 Å². The van der Waals surface area contributed by atoms with Gasteiger partial charge in [0.1, 0.15) is 5.82 Å². The summed E-state index contributed by atoms with van der Waals surface area (Å²) in [7, 11) is 0. The van der Waals surface area contributed by atoms with Crippen LogP contribution in [0.1, 0.15) is 51.1 Å².